The number of benzene rings is 1. The lowest BCUT2D eigenvalue weighted by molar-refractivity contribution is -0.116. The van der Waals surface area contributed by atoms with E-state index in [0.717, 1.165) is 30.7 Å². The van der Waals surface area contributed by atoms with Crippen LogP contribution in [-0.4, -0.2) is 54.7 Å². The molecule has 0 N–H and O–H groups in total. The fourth-order valence-corrected chi connectivity index (χ4v) is 3.17. The first-order valence-electron chi connectivity index (χ1n) is 14.1. The zero-order chi connectivity index (χ0) is 28.6. The smallest absolute Gasteiger partial charge is 0.209 e. The lowest BCUT2D eigenvalue weighted by Crippen LogP contribution is -2.39. The summed E-state index contributed by atoms with van der Waals surface area (Å²) in [5.41, 5.74) is 1.72. The molecule has 1 aliphatic heterocycles. The second-order valence-electron chi connectivity index (χ2n) is 10.1. The number of rotatable bonds is 8. The Morgan fingerprint density at radius 1 is 1.03 bits per heavy atom. The van der Waals surface area contributed by atoms with Crippen molar-refractivity contribution in [2.24, 2.45) is 5.92 Å². The highest BCUT2D eigenvalue weighted by Gasteiger charge is 2.30. The summed E-state index contributed by atoms with van der Waals surface area (Å²) in [5.74, 6) is 0.932. The summed E-state index contributed by atoms with van der Waals surface area (Å²) < 4.78 is 0. The molecule has 2 rings (SSSR count). The van der Waals surface area contributed by atoms with Gasteiger partial charge in [0, 0.05) is 36.6 Å². The standard InChI is InChI=1S/C14H20ClN.C6H14.C5H10O.C4H9NO.C2H6/c1-14(2,3)16-9-8-12(10-16)11-4-6-13(15)7-5-11;1-3-5-6-4-2;2*1-3-5(2)4-6;1-2/h4-7,12H,8-10H2,1-3H3;3-6H2,1-2H3;4-5H,3H2,1-2H3;4H,3H2,1-2H3;1-2H3. The summed E-state index contributed by atoms with van der Waals surface area (Å²) in [6.07, 6.45) is 9.54. The van der Waals surface area contributed by atoms with E-state index in [0.29, 0.717) is 11.5 Å². The van der Waals surface area contributed by atoms with Crippen molar-refractivity contribution in [2.75, 3.05) is 26.7 Å². The van der Waals surface area contributed by atoms with Gasteiger partial charge in [0.15, 0.2) is 0 Å². The van der Waals surface area contributed by atoms with E-state index in [9.17, 15) is 9.59 Å². The third kappa shape index (κ3) is 21.9. The average Bonchev–Trinajstić information content (AvgIpc) is 3.40. The molecule has 1 heterocycles. The Morgan fingerprint density at radius 3 is 1.78 bits per heavy atom. The van der Waals surface area contributed by atoms with Crippen molar-refractivity contribution in [2.45, 2.75) is 119 Å². The Morgan fingerprint density at radius 2 is 1.53 bits per heavy atom. The van der Waals surface area contributed by atoms with Gasteiger partial charge in [-0.2, -0.15) is 0 Å². The van der Waals surface area contributed by atoms with E-state index < -0.39 is 0 Å². The zero-order valence-electron chi connectivity index (χ0n) is 25.6. The van der Waals surface area contributed by atoms with Gasteiger partial charge in [0.1, 0.15) is 6.29 Å². The molecule has 0 radical (unpaired) electrons. The summed E-state index contributed by atoms with van der Waals surface area (Å²) in [5, 5.41) is 0.828. The minimum absolute atomic E-state index is 0.255. The molecule has 1 aliphatic rings. The molecule has 5 heteroatoms. The molecule has 1 aromatic carbocycles. The molecule has 0 bridgehead atoms. The summed E-state index contributed by atoms with van der Waals surface area (Å²) in [4.78, 5) is 23.5. The van der Waals surface area contributed by atoms with Crippen LogP contribution in [0.1, 0.15) is 119 Å². The second kappa shape index (κ2) is 25.3. The third-order valence-electron chi connectivity index (χ3n) is 5.99. The number of carbonyl (C=O) groups excluding carboxylic acids is 2. The van der Waals surface area contributed by atoms with E-state index in [-0.39, 0.29) is 5.92 Å². The van der Waals surface area contributed by atoms with Crippen molar-refractivity contribution in [1.29, 1.82) is 0 Å². The second-order valence-corrected chi connectivity index (χ2v) is 10.5. The molecular weight excluding hydrogens is 468 g/mol. The van der Waals surface area contributed by atoms with E-state index in [1.54, 1.807) is 11.9 Å². The van der Waals surface area contributed by atoms with Crippen LogP contribution in [0.15, 0.2) is 24.3 Å². The largest absolute Gasteiger partial charge is 0.349 e. The average molecular weight is 527 g/mol. The minimum atomic E-state index is 0.255. The number of likely N-dealkylation sites (tertiary alicyclic amines) is 1. The molecule has 0 spiro atoms. The van der Waals surface area contributed by atoms with Crippen LogP contribution >= 0.6 is 11.6 Å². The molecule has 0 saturated carbocycles. The van der Waals surface area contributed by atoms with Gasteiger partial charge in [-0.05, 0) is 70.7 Å². The monoisotopic (exact) mass is 526 g/mol. The van der Waals surface area contributed by atoms with Crippen LogP contribution in [0.4, 0.5) is 0 Å². The number of unbranched alkanes of at least 4 members (excludes halogenated alkanes) is 3. The Balaban J connectivity index is -0.000000455. The van der Waals surface area contributed by atoms with Crippen molar-refractivity contribution in [3.8, 4) is 0 Å². The van der Waals surface area contributed by atoms with Gasteiger partial charge in [-0.25, -0.2) is 0 Å². The van der Waals surface area contributed by atoms with E-state index >= 15 is 0 Å². The number of nitrogens with zero attached hydrogens (tertiary/aromatic N) is 2. The number of amides is 1. The Bertz CT molecular complexity index is 596. The lowest BCUT2D eigenvalue weighted by Gasteiger charge is -2.31. The van der Waals surface area contributed by atoms with Crippen LogP contribution in [0.2, 0.25) is 5.02 Å². The Kier molecular flexibility index (Phi) is 27.5. The molecule has 1 fully saturated rings. The Hall–Kier alpha value is -1.39. The minimum Gasteiger partial charge on any atom is -0.349 e. The van der Waals surface area contributed by atoms with Gasteiger partial charge in [-0.15, -0.1) is 0 Å². The fraction of sp³-hybridized carbons (Fsp3) is 0.742. The zero-order valence-corrected chi connectivity index (χ0v) is 26.3. The molecule has 1 aromatic rings. The summed E-state index contributed by atoms with van der Waals surface area (Å²) in [7, 11) is 1.74. The topological polar surface area (TPSA) is 40.6 Å². The van der Waals surface area contributed by atoms with Crippen LogP contribution in [0, 0.1) is 5.92 Å². The highest BCUT2D eigenvalue weighted by atomic mass is 35.5. The third-order valence-corrected chi connectivity index (χ3v) is 6.24. The van der Waals surface area contributed by atoms with Gasteiger partial charge in [-0.1, -0.05) is 91.0 Å². The van der Waals surface area contributed by atoms with Gasteiger partial charge in [-0.3, -0.25) is 9.69 Å². The highest BCUT2D eigenvalue weighted by molar-refractivity contribution is 6.30. The maximum absolute atomic E-state index is 9.74. The quantitative estimate of drug-likeness (QED) is 0.251. The molecular formula is C31H59ClN2O2. The molecule has 2 atom stereocenters. The normalized spacial score (nSPS) is 15.3. The predicted molar refractivity (Wildman–Crippen MR) is 161 cm³/mol. The maximum atomic E-state index is 9.74. The number of hydrogen-bond donors (Lipinski definition) is 0. The Labute approximate surface area is 230 Å². The molecule has 4 nitrogen and oxygen atoms in total. The molecule has 2 unspecified atom stereocenters. The maximum Gasteiger partial charge on any atom is 0.209 e. The van der Waals surface area contributed by atoms with Crippen LogP contribution in [0.25, 0.3) is 0 Å². The van der Waals surface area contributed by atoms with Crippen LogP contribution in [-0.2, 0) is 9.59 Å². The number of aldehydes is 1. The van der Waals surface area contributed by atoms with Gasteiger partial charge in [0.2, 0.25) is 6.41 Å². The van der Waals surface area contributed by atoms with Crippen molar-refractivity contribution in [1.82, 2.24) is 9.80 Å². The summed E-state index contributed by atoms with van der Waals surface area (Å²) in [6, 6.07) is 8.32. The van der Waals surface area contributed by atoms with Crippen molar-refractivity contribution >= 4 is 24.3 Å². The fourth-order valence-electron chi connectivity index (χ4n) is 3.05. The van der Waals surface area contributed by atoms with Gasteiger partial charge >= 0.3 is 0 Å². The molecule has 36 heavy (non-hydrogen) atoms. The summed E-state index contributed by atoms with van der Waals surface area (Å²) in [6.45, 7) is 24.3. The molecule has 0 aromatic heterocycles. The van der Waals surface area contributed by atoms with Crippen LogP contribution in [0.3, 0.4) is 0 Å². The van der Waals surface area contributed by atoms with E-state index in [1.165, 1.54) is 50.8 Å². The van der Waals surface area contributed by atoms with Crippen molar-refractivity contribution < 1.29 is 9.59 Å². The van der Waals surface area contributed by atoms with E-state index in [2.05, 4.69) is 51.7 Å². The first-order valence-corrected chi connectivity index (χ1v) is 14.5. The highest BCUT2D eigenvalue weighted by Crippen LogP contribution is 2.31. The van der Waals surface area contributed by atoms with Crippen LogP contribution in [0.5, 0.6) is 0 Å². The molecule has 1 amide bonds. The van der Waals surface area contributed by atoms with Gasteiger partial charge in [0.25, 0.3) is 0 Å². The van der Waals surface area contributed by atoms with Crippen molar-refractivity contribution in [3.05, 3.63) is 34.9 Å². The van der Waals surface area contributed by atoms with E-state index in [4.69, 9.17) is 11.6 Å². The lowest BCUT2D eigenvalue weighted by atomic mass is 9.98. The SMILES string of the molecule is CC.CC(C)(C)N1CCC(c2ccc(Cl)cc2)C1.CCC(C)C=O.CCCCCC.CCN(C)C=O. The van der Waals surface area contributed by atoms with Gasteiger partial charge < -0.3 is 9.69 Å². The predicted octanol–water partition coefficient (Wildman–Crippen LogP) is 8.87. The first-order chi connectivity index (χ1) is 17.0. The number of hydrogen-bond acceptors (Lipinski definition) is 3. The van der Waals surface area contributed by atoms with Crippen molar-refractivity contribution in [3.63, 3.8) is 0 Å². The number of carbonyl (C=O) groups is 2. The molecule has 0 aliphatic carbocycles. The first kappa shape index (κ1) is 39.1. The van der Waals surface area contributed by atoms with E-state index in [1.807, 2.05) is 46.8 Å². The molecule has 1 saturated heterocycles. The van der Waals surface area contributed by atoms with Crippen LogP contribution < -0.4 is 0 Å². The number of halogens is 1. The van der Waals surface area contributed by atoms with Gasteiger partial charge in [0.05, 0.1) is 0 Å². The summed E-state index contributed by atoms with van der Waals surface area (Å²) >= 11 is 5.91. The molecule has 212 valence electrons.